The Kier molecular flexibility index (Phi) is 5.29. The average molecular weight is 409 g/mol. The van der Waals surface area contributed by atoms with Crippen LogP contribution in [-0.4, -0.2) is 26.7 Å². The molecule has 0 amide bonds. The van der Waals surface area contributed by atoms with Crippen LogP contribution in [-0.2, 0) is 25.1 Å². The molecule has 9 heteroatoms. The highest BCUT2D eigenvalue weighted by atomic mass is 32.2. The molecule has 2 aromatic carbocycles. The van der Waals surface area contributed by atoms with Crippen LogP contribution >= 0.6 is 0 Å². The molecule has 0 atom stereocenters. The van der Waals surface area contributed by atoms with E-state index in [1.165, 1.54) is 42.5 Å². The second kappa shape index (κ2) is 7.13. The molecule has 1 saturated heterocycles. The molecule has 0 bridgehead atoms. The lowest BCUT2D eigenvalue weighted by Gasteiger charge is -2.32. The van der Waals surface area contributed by atoms with Crippen LogP contribution in [0.4, 0.5) is 14.5 Å². The predicted octanol–water partition coefficient (Wildman–Crippen LogP) is 3.21. The molecule has 5 nitrogen and oxygen atoms in total. The van der Waals surface area contributed by atoms with Crippen LogP contribution in [0.1, 0.15) is 33.3 Å². The summed E-state index contributed by atoms with van der Waals surface area (Å²) in [4.78, 5) is 0. The Bertz CT molecular complexity index is 979. The Morgan fingerprint density at radius 2 is 1.57 bits per heavy atom. The summed E-state index contributed by atoms with van der Waals surface area (Å²) >= 11 is 0. The molecular weight excluding hydrogens is 387 g/mol. The van der Waals surface area contributed by atoms with E-state index in [0.29, 0.717) is 5.46 Å². The van der Waals surface area contributed by atoms with Crippen molar-refractivity contribution in [2.75, 3.05) is 4.72 Å². The first-order chi connectivity index (χ1) is 12.9. The van der Waals surface area contributed by atoms with Gasteiger partial charge in [0.05, 0.1) is 22.6 Å². The van der Waals surface area contributed by atoms with Gasteiger partial charge < -0.3 is 9.31 Å². The van der Waals surface area contributed by atoms with Gasteiger partial charge in [-0.25, -0.2) is 17.2 Å². The lowest BCUT2D eigenvalue weighted by molar-refractivity contribution is 0.00578. The second-order valence-electron chi connectivity index (χ2n) is 7.78. The van der Waals surface area contributed by atoms with Crippen molar-refractivity contribution in [2.45, 2.75) is 44.6 Å². The maximum atomic E-state index is 14.5. The largest absolute Gasteiger partial charge is 0.494 e. The number of hydrogen-bond donors (Lipinski definition) is 1. The fourth-order valence-electron chi connectivity index (χ4n) is 2.76. The third-order valence-corrected chi connectivity index (χ3v) is 6.31. The Morgan fingerprint density at radius 3 is 2.14 bits per heavy atom. The molecule has 150 valence electrons. The molecule has 0 aromatic heterocycles. The summed E-state index contributed by atoms with van der Waals surface area (Å²) in [7, 11) is -4.75. The molecule has 0 saturated carbocycles. The summed E-state index contributed by atoms with van der Waals surface area (Å²) in [5.41, 5.74) is -0.934. The van der Waals surface area contributed by atoms with E-state index in [1.54, 1.807) is 0 Å². The van der Waals surface area contributed by atoms with E-state index in [2.05, 4.69) is 4.72 Å². The lowest BCUT2D eigenvalue weighted by atomic mass is 9.79. The van der Waals surface area contributed by atoms with Gasteiger partial charge in [0.25, 0.3) is 0 Å². The molecule has 0 unspecified atom stereocenters. The first-order valence-corrected chi connectivity index (χ1v) is 10.4. The van der Waals surface area contributed by atoms with Crippen molar-refractivity contribution in [1.82, 2.24) is 0 Å². The van der Waals surface area contributed by atoms with E-state index in [-0.39, 0.29) is 11.3 Å². The molecule has 1 aliphatic heterocycles. The van der Waals surface area contributed by atoms with Gasteiger partial charge in [0.2, 0.25) is 10.0 Å². The minimum Gasteiger partial charge on any atom is -0.399 e. The Morgan fingerprint density at radius 1 is 0.964 bits per heavy atom. The fraction of sp³-hybridized carbons (Fsp3) is 0.368. The van der Waals surface area contributed by atoms with Gasteiger partial charge >= 0.3 is 7.12 Å². The molecule has 2 aromatic rings. The number of benzene rings is 2. The summed E-state index contributed by atoms with van der Waals surface area (Å²) in [5.74, 6) is -2.01. The van der Waals surface area contributed by atoms with E-state index in [4.69, 9.17) is 9.31 Å². The van der Waals surface area contributed by atoms with Crippen molar-refractivity contribution in [1.29, 1.82) is 0 Å². The zero-order chi connectivity index (χ0) is 20.7. The van der Waals surface area contributed by atoms with Gasteiger partial charge in [-0.2, -0.15) is 0 Å². The summed E-state index contributed by atoms with van der Waals surface area (Å²) in [6.45, 7) is 7.53. The molecule has 28 heavy (non-hydrogen) atoms. The van der Waals surface area contributed by atoms with Gasteiger partial charge in [-0.1, -0.05) is 24.3 Å². The molecule has 0 aliphatic carbocycles. The van der Waals surface area contributed by atoms with Gasteiger partial charge in [-0.05, 0) is 51.4 Å². The first kappa shape index (κ1) is 20.8. The Labute approximate surface area is 164 Å². The molecule has 1 aliphatic rings. The third kappa shape index (κ3) is 4.21. The number of halogens is 2. The summed E-state index contributed by atoms with van der Waals surface area (Å²) in [5, 5.41) is 0. The number of sulfonamides is 1. The van der Waals surface area contributed by atoms with Crippen LogP contribution in [0.2, 0.25) is 0 Å². The lowest BCUT2D eigenvalue weighted by Crippen LogP contribution is -2.41. The SMILES string of the molecule is CC1(C)OB(c2ccc(NS(=O)(=O)Cc3ccccc3F)c(F)c2)OC1(C)C. The number of rotatable bonds is 5. The van der Waals surface area contributed by atoms with Crippen LogP contribution in [0.15, 0.2) is 42.5 Å². The quantitative estimate of drug-likeness (QED) is 0.771. The topological polar surface area (TPSA) is 64.6 Å². The summed E-state index contributed by atoms with van der Waals surface area (Å²) in [6.07, 6.45) is 0. The average Bonchev–Trinajstić information content (AvgIpc) is 2.79. The van der Waals surface area contributed by atoms with Crippen molar-refractivity contribution in [2.24, 2.45) is 0 Å². The zero-order valence-electron chi connectivity index (χ0n) is 16.1. The fourth-order valence-corrected chi connectivity index (χ4v) is 3.98. The highest BCUT2D eigenvalue weighted by Crippen LogP contribution is 2.36. The number of anilines is 1. The van der Waals surface area contributed by atoms with E-state index in [1.807, 2.05) is 27.7 Å². The first-order valence-electron chi connectivity index (χ1n) is 8.79. The van der Waals surface area contributed by atoms with Gasteiger partial charge in [0.15, 0.2) is 0 Å². The normalized spacial score (nSPS) is 18.3. The van der Waals surface area contributed by atoms with E-state index < -0.39 is 45.7 Å². The molecule has 1 N–H and O–H groups in total. The van der Waals surface area contributed by atoms with Gasteiger partial charge in [0.1, 0.15) is 11.6 Å². The van der Waals surface area contributed by atoms with Gasteiger partial charge in [-0.15, -0.1) is 0 Å². The Balaban J connectivity index is 1.77. The summed E-state index contributed by atoms with van der Waals surface area (Å²) < 4.78 is 66.7. The predicted molar refractivity (Wildman–Crippen MR) is 105 cm³/mol. The molecule has 3 rings (SSSR count). The van der Waals surface area contributed by atoms with Gasteiger partial charge in [0, 0.05) is 5.56 Å². The monoisotopic (exact) mass is 409 g/mol. The van der Waals surface area contributed by atoms with Crippen molar-refractivity contribution in [3.8, 4) is 0 Å². The number of hydrogen-bond acceptors (Lipinski definition) is 4. The Hall–Kier alpha value is -1.97. The van der Waals surface area contributed by atoms with Crippen molar-refractivity contribution in [3.05, 3.63) is 59.7 Å². The highest BCUT2D eigenvalue weighted by Gasteiger charge is 2.51. The highest BCUT2D eigenvalue weighted by molar-refractivity contribution is 7.91. The van der Waals surface area contributed by atoms with E-state index in [9.17, 15) is 17.2 Å². The molecule has 1 heterocycles. The zero-order valence-corrected chi connectivity index (χ0v) is 16.9. The smallest absolute Gasteiger partial charge is 0.399 e. The number of nitrogens with one attached hydrogen (secondary N) is 1. The van der Waals surface area contributed by atoms with Crippen LogP contribution in [0.3, 0.4) is 0 Å². The van der Waals surface area contributed by atoms with Crippen LogP contribution < -0.4 is 10.2 Å². The van der Waals surface area contributed by atoms with Crippen molar-refractivity contribution in [3.63, 3.8) is 0 Å². The van der Waals surface area contributed by atoms with Crippen LogP contribution in [0, 0.1) is 11.6 Å². The van der Waals surface area contributed by atoms with E-state index >= 15 is 0 Å². The van der Waals surface area contributed by atoms with Gasteiger partial charge in [-0.3, -0.25) is 4.72 Å². The van der Waals surface area contributed by atoms with E-state index in [0.717, 1.165) is 0 Å². The second-order valence-corrected chi connectivity index (χ2v) is 9.50. The van der Waals surface area contributed by atoms with Crippen LogP contribution in [0.25, 0.3) is 0 Å². The molecule has 0 radical (unpaired) electrons. The maximum absolute atomic E-state index is 14.5. The standard InChI is InChI=1S/C19H22BF2NO4S/c1-18(2)19(3,4)27-20(26-18)14-9-10-17(16(22)11-14)23-28(24,25)12-13-7-5-6-8-15(13)21/h5-11,23H,12H2,1-4H3. The third-order valence-electron chi connectivity index (χ3n) is 5.09. The molecule has 1 fully saturated rings. The van der Waals surface area contributed by atoms with Crippen LogP contribution in [0.5, 0.6) is 0 Å². The summed E-state index contributed by atoms with van der Waals surface area (Å²) in [6, 6.07) is 9.54. The molecular formula is C19H22BF2NO4S. The minimum absolute atomic E-state index is 0.00393. The van der Waals surface area contributed by atoms with Crippen molar-refractivity contribution >= 4 is 28.3 Å². The molecule has 0 spiro atoms. The van der Waals surface area contributed by atoms with Crippen molar-refractivity contribution < 1.29 is 26.5 Å². The maximum Gasteiger partial charge on any atom is 0.494 e. The minimum atomic E-state index is -3.99.